The largest absolute Gasteiger partial charge is 0.469 e. The van der Waals surface area contributed by atoms with Crippen LogP contribution in [0.2, 0.25) is 5.02 Å². The first-order chi connectivity index (χ1) is 11.6. The molecule has 0 saturated carbocycles. The summed E-state index contributed by atoms with van der Waals surface area (Å²) in [5, 5.41) is 1.74. The minimum Gasteiger partial charge on any atom is -0.469 e. The fourth-order valence-corrected chi connectivity index (χ4v) is 3.41. The zero-order valence-corrected chi connectivity index (χ0v) is 14.5. The highest BCUT2D eigenvalue weighted by Crippen LogP contribution is 2.23. The number of amides is 1. The molecule has 1 amide bonds. The number of hydrogen-bond donors (Lipinski definition) is 0. The number of piperidine rings is 1. The van der Waals surface area contributed by atoms with Gasteiger partial charge >= 0.3 is 5.97 Å². The van der Waals surface area contributed by atoms with Gasteiger partial charge in [0.15, 0.2) is 0 Å². The van der Waals surface area contributed by atoms with E-state index in [1.807, 2.05) is 39.9 Å². The predicted molar refractivity (Wildman–Crippen MR) is 92.9 cm³/mol. The molecule has 0 atom stereocenters. The Labute approximate surface area is 146 Å². The SMILES string of the molecule is COC(=O)CC1CCN(C(=O)Cn2ccc3ccc(Cl)cc32)CC1. The molecule has 5 nitrogen and oxygen atoms in total. The smallest absolute Gasteiger partial charge is 0.305 e. The lowest BCUT2D eigenvalue weighted by Crippen LogP contribution is -2.40. The van der Waals surface area contributed by atoms with Crippen LogP contribution in [0.3, 0.4) is 0 Å². The van der Waals surface area contributed by atoms with Gasteiger partial charge in [-0.1, -0.05) is 17.7 Å². The van der Waals surface area contributed by atoms with Crippen molar-refractivity contribution in [3.05, 3.63) is 35.5 Å². The van der Waals surface area contributed by atoms with Crippen molar-refractivity contribution in [3.8, 4) is 0 Å². The van der Waals surface area contributed by atoms with E-state index in [0.717, 1.165) is 23.7 Å². The zero-order valence-electron chi connectivity index (χ0n) is 13.7. The molecule has 0 spiro atoms. The van der Waals surface area contributed by atoms with Crippen LogP contribution in [0, 0.1) is 5.92 Å². The third-order valence-electron chi connectivity index (χ3n) is 4.69. The van der Waals surface area contributed by atoms with Crippen LogP contribution >= 0.6 is 11.6 Å². The van der Waals surface area contributed by atoms with E-state index in [2.05, 4.69) is 0 Å². The number of aromatic nitrogens is 1. The second-order valence-corrected chi connectivity index (χ2v) is 6.69. The predicted octanol–water partition coefficient (Wildman–Crippen LogP) is 3.10. The summed E-state index contributed by atoms with van der Waals surface area (Å²) < 4.78 is 6.65. The summed E-state index contributed by atoms with van der Waals surface area (Å²) in [5.41, 5.74) is 0.969. The number of fused-ring (bicyclic) bond motifs is 1. The Morgan fingerprint density at radius 3 is 2.71 bits per heavy atom. The summed E-state index contributed by atoms with van der Waals surface area (Å²) in [6.45, 7) is 1.70. The van der Waals surface area contributed by atoms with E-state index < -0.39 is 0 Å². The Bertz CT molecular complexity index is 748. The van der Waals surface area contributed by atoms with Crippen LogP contribution in [0.4, 0.5) is 0 Å². The molecule has 6 heteroatoms. The summed E-state index contributed by atoms with van der Waals surface area (Å²) in [7, 11) is 1.41. The van der Waals surface area contributed by atoms with Crippen LogP contribution in [0.25, 0.3) is 10.9 Å². The minimum absolute atomic E-state index is 0.101. The maximum atomic E-state index is 12.6. The van der Waals surface area contributed by atoms with Gasteiger partial charge in [-0.2, -0.15) is 0 Å². The molecule has 0 unspecified atom stereocenters. The number of carbonyl (C=O) groups excluding carboxylic acids is 2. The van der Waals surface area contributed by atoms with E-state index >= 15 is 0 Å². The molecule has 2 heterocycles. The number of methoxy groups -OCH3 is 1. The molecule has 2 aromatic rings. The number of nitrogens with zero attached hydrogens (tertiary/aromatic N) is 2. The number of esters is 1. The lowest BCUT2D eigenvalue weighted by Gasteiger charge is -2.31. The fraction of sp³-hybridized carbons (Fsp3) is 0.444. The van der Waals surface area contributed by atoms with Crippen LogP contribution in [-0.2, 0) is 20.9 Å². The molecule has 1 aromatic carbocycles. The van der Waals surface area contributed by atoms with E-state index in [4.69, 9.17) is 16.3 Å². The first kappa shape index (κ1) is 16.8. The normalized spacial score (nSPS) is 15.7. The van der Waals surface area contributed by atoms with Crippen molar-refractivity contribution >= 4 is 34.4 Å². The van der Waals surface area contributed by atoms with Crippen LogP contribution in [0.5, 0.6) is 0 Å². The van der Waals surface area contributed by atoms with Crippen LogP contribution in [0.1, 0.15) is 19.3 Å². The van der Waals surface area contributed by atoms with Crippen molar-refractivity contribution in [1.82, 2.24) is 9.47 Å². The number of hydrogen-bond acceptors (Lipinski definition) is 3. The number of carbonyl (C=O) groups is 2. The quantitative estimate of drug-likeness (QED) is 0.798. The topological polar surface area (TPSA) is 51.5 Å². The lowest BCUT2D eigenvalue weighted by atomic mass is 9.93. The van der Waals surface area contributed by atoms with Crippen molar-refractivity contribution in [2.75, 3.05) is 20.2 Å². The minimum atomic E-state index is -0.171. The van der Waals surface area contributed by atoms with Gasteiger partial charge in [0.25, 0.3) is 0 Å². The summed E-state index contributed by atoms with van der Waals surface area (Å²) in [6.07, 6.45) is 4.06. The lowest BCUT2D eigenvalue weighted by molar-refractivity contribution is -0.142. The molecule has 24 heavy (non-hydrogen) atoms. The van der Waals surface area contributed by atoms with E-state index in [1.54, 1.807) is 0 Å². The Balaban J connectivity index is 1.59. The molecule has 0 bridgehead atoms. The molecule has 1 fully saturated rings. The highest BCUT2D eigenvalue weighted by molar-refractivity contribution is 6.31. The fourth-order valence-electron chi connectivity index (χ4n) is 3.25. The number of halogens is 1. The average molecular weight is 349 g/mol. The molecular formula is C18H21ClN2O3. The van der Waals surface area contributed by atoms with Crippen LogP contribution in [0.15, 0.2) is 30.5 Å². The van der Waals surface area contributed by atoms with Crippen molar-refractivity contribution in [3.63, 3.8) is 0 Å². The molecule has 1 aliphatic heterocycles. The average Bonchev–Trinajstić information content (AvgIpc) is 2.97. The number of benzene rings is 1. The van der Waals surface area contributed by atoms with Crippen LogP contribution < -0.4 is 0 Å². The van der Waals surface area contributed by atoms with Gasteiger partial charge in [0, 0.05) is 36.2 Å². The van der Waals surface area contributed by atoms with Gasteiger partial charge in [-0.05, 0) is 42.3 Å². The van der Waals surface area contributed by atoms with Gasteiger partial charge in [0.1, 0.15) is 6.54 Å². The third-order valence-corrected chi connectivity index (χ3v) is 4.93. The highest BCUT2D eigenvalue weighted by atomic mass is 35.5. The molecular weight excluding hydrogens is 328 g/mol. The number of rotatable bonds is 4. The Kier molecular flexibility index (Phi) is 5.09. The van der Waals surface area contributed by atoms with Crippen molar-refractivity contribution < 1.29 is 14.3 Å². The third kappa shape index (κ3) is 3.73. The van der Waals surface area contributed by atoms with Crippen molar-refractivity contribution in [1.29, 1.82) is 0 Å². The Hall–Kier alpha value is -2.01. The number of likely N-dealkylation sites (tertiary alicyclic amines) is 1. The zero-order chi connectivity index (χ0) is 17.1. The molecule has 3 rings (SSSR count). The maximum absolute atomic E-state index is 12.6. The molecule has 128 valence electrons. The summed E-state index contributed by atoms with van der Waals surface area (Å²) in [4.78, 5) is 25.8. The van der Waals surface area contributed by atoms with Gasteiger partial charge < -0.3 is 14.2 Å². The van der Waals surface area contributed by atoms with Crippen molar-refractivity contribution in [2.24, 2.45) is 5.92 Å². The Morgan fingerprint density at radius 2 is 2.00 bits per heavy atom. The second kappa shape index (κ2) is 7.26. The second-order valence-electron chi connectivity index (χ2n) is 6.25. The molecule has 1 saturated heterocycles. The summed E-state index contributed by atoms with van der Waals surface area (Å²) in [6, 6.07) is 7.67. The first-order valence-corrected chi connectivity index (χ1v) is 8.53. The molecule has 1 aliphatic rings. The van der Waals surface area contributed by atoms with E-state index in [-0.39, 0.29) is 11.9 Å². The highest BCUT2D eigenvalue weighted by Gasteiger charge is 2.24. The molecule has 0 radical (unpaired) electrons. The van der Waals surface area contributed by atoms with E-state index in [1.165, 1.54) is 7.11 Å². The van der Waals surface area contributed by atoms with E-state index in [9.17, 15) is 9.59 Å². The summed E-state index contributed by atoms with van der Waals surface area (Å²) >= 11 is 6.06. The summed E-state index contributed by atoms with van der Waals surface area (Å²) in [5.74, 6) is 0.243. The van der Waals surface area contributed by atoms with Crippen molar-refractivity contribution in [2.45, 2.75) is 25.8 Å². The standard InChI is InChI=1S/C18H21ClN2O3/c1-24-18(23)10-13-4-7-20(8-5-13)17(22)12-21-9-6-14-2-3-15(19)11-16(14)21/h2-3,6,9,11,13H,4-5,7-8,10,12H2,1H3. The Morgan fingerprint density at radius 1 is 1.25 bits per heavy atom. The van der Waals surface area contributed by atoms with Crippen LogP contribution in [-0.4, -0.2) is 41.5 Å². The van der Waals surface area contributed by atoms with Gasteiger partial charge in [0.05, 0.1) is 7.11 Å². The first-order valence-electron chi connectivity index (χ1n) is 8.16. The van der Waals surface area contributed by atoms with E-state index in [0.29, 0.717) is 37.0 Å². The van der Waals surface area contributed by atoms with Gasteiger partial charge in [-0.3, -0.25) is 9.59 Å². The molecule has 0 N–H and O–H groups in total. The maximum Gasteiger partial charge on any atom is 0.305 e. The monoisotopic (exact) mass is 348 g/mol. The molecule has 0 aliphatic carbocycles. The van der Waals surface area contributed by atoms with Gasteiger partial charge in [0.2, 0.25) is 5.91 Å². The molecule has 1 aromatic heterocycles. The van der Waals surface area contributed by atoms with Gasteiger partial charge in [-0.15, -0.1) is 0 Å². The van der Waals surface area contributed by atoms with Gasteiger partial charge in [-0.25, -0.2) is 0 Å². The number of ether oxygens (including phenoxy) is 1.